The lowest BCUT2D eigenvalue weighted by molar-refractivity contribution is -0.141. The monoisotopic (exact) mass is 304 g/mol. The van der Waals surface area contributed by atoms with Crippen molar-refractivity contribution in [2.24, 2.45) is 0 Å². The lowest BCUT2D eigenvalue weighted by atomic mass is 10.2. The lowest BCUT2D eigenvalue weighted by Gasteiger charge is -2.20. The molecule has 0 bridgehead atoms. The third-order valence-corrected chi connectivity index (χ3v) is 3.13. The number of aromatic nitrogens is 1. The van der Waals surface area contributed by atoms with Gasteiger partial charge in [0.1, 0.15) is 11.7 Å². The van der Waals surface area contributed by atoms with Crippen LogP contribution in [0.25, 0.3) is 0 Å². The molecule has 1 amide bonds. The summed E-state index contributed by atoms with van der Waals surface area (Å²) in [5, 5.41) is 18.4. The zero-order chi connectivity index (χ0) is 15.8. The minimum absolute atomic E-state index is 0.123. The highest BCUT2D eigenvalue weighted by Crippen LogP contribution is 2.28. The maximum Gasteiger partial charge on any atom is 0.417 e. The van der Waals surface area contributed by atoms with E-state index in [9.17, 15) is 27.9 Å². The Labute approximate surface area is 116 Å². The number of hydrogen-bond acceptors (Lipinski definition) is 4. The zero-order valence-electron chi connectivity index (χ0n) is 10.5. The highest BCUT2D eigenvalue weighted by Gasteiger charge is 2.40. The van der Waals surface area contributed by atoms with Crippen molar-refractivity contribution in [3.05, 3.63) is 29.6 Å². The summed E-state index contributed by atoms with van der Waals surface area (Å²) < 4.78 is 37.2. The summed E-state index contributed by atoms with van der Waals surface area (Å²) in [6.07, 6.45) is -5.16. The summed E-state index contributed by atoms with van der Waals surface area (Å²) in [5.74, 6) is -2.11. The maximum absolute atomic E-state index is 12.4. The Morgan fingerprint density at radius 3 is 2.48 bits per heavy atom. The van der Waals surface area contributed by atoms with Crippen LogP contribution in [0.5, 0.6) is 0 Å². The van der Waals surface area contributed by atoms with Crippen molar-refractivity contribution < 1.29 is 33.0 Å². The van der Waals surface area contributed by atoms with Gasteiger partial charge in [0, 0.05) is 19.2 Å². The van der Waals surface area contributed by atoms with Crippen LogP contribution in [0.3, 0.4) is 0 Å². The van der Waals surface area contributed by atoms with Crippen molar-refractivity contribution >= 4 is 11.9 Å². The SMILES string of the molecule is O=C(O)C1CC(O)CN1C(=O)c1ccc(C(F)(F)F)cn1. The van der Waals surface area contributed by atoms with E-state index >= 15 is 0 Å². The topological polar surface area (TPSA) is 90.7 Å². The van der Waals surface area contributed by atoms with Gasteiger partial charge in [-0.25, -0.2) is 4.79 Å². The number of carbonyl (C=O) groups is 2. The number of aliphatic hydroxyl groups excluding tert-OH is 1. The van der Waals surface area contributed by atoms with Gasteiger partial charge < -0.3 is 15.1 Å². The van der Waals surface area contributed by atoms with E-state index in [1.165, 1.54) is 0 Å². The standard InChI is InChI=1S/C12H11F3N2O4/c13-12(14,15)6-1-2-8(16-4-6)10(19)17-5-7(18)3-9(17)11(20)21/h1-2,4,7,9,18H,3,5H2,(H,20,21). The normalized spacial score (nSPS) is 22.4. The van der Waals surface area contributed by atoms with Gasteiger partial charge in [-0.1, -0.05) is 0 Å². The van der Waals surface area contributed by atoms with Gasteiger partial charge in [-0.15, -0.1) is 0 Å². The second-order valence-corrected chi connectivity index (χ2v) is 4.63. The summed E-state index contributed by atoms with van der Waals surface area (Å²) in [7, 11) is 0. The molecule has 1 aliphatic rings. The molecule has 2 rings (SSSR count). The Hall–Kier alpha value is -2.16. The van der Waals surface area contributed by atoms with E-state index in [-0.39, 0.29) is 18.7 Å². The molecule has 2 heterocycles. The number of nitrogens with zero attached hydrogens (tertiary/aromatic N) is 2. The minimum atomic E-state index is -4.57. The van der Waals surface area contributed by atoms with Crippen molar-refractivity contribution in [3.8, 4) is 0 Å². The first-order valence-corrected chi connectivity index (χ1v) is 5.95. The third kappa shape index (κ3) is 3.13. The van der Waals surface area contributed by atoms with Crippen molar-refractivity contribution in [2.45, 2.75) is 24.7 Å². The molecule has 0 radical (unpaired) electrons. The molecule has 0 aliphatic carbocycles. The molecule has 1 aliphatic heterocycles. The number of β-amino-alcohol motifs (C(OH)–C–C–N with tert-alkyl or cyclic N) is 1. The van der Waals surface area contributed by atoms with Crippen LogP contribution in [0.4, 0.5) is 13.2 Å². The number of amides is 1. The first-order valence-electron chi connectivity index (χ1n) is 5.95. The van der Waals surface area contributed by atoms with E-state index in [1.807, 2.05) is 0 Å². The first kappa shape index (κ1) is 15.2. The molecule has 2 atom stereocenters. The summed E-state index contributed by atoms with van der Waals surface area (Å²) in [4.78, 5) is 27.4. The fourth-order valence-corrected chi connectivity index (χ4v) is 2.11. The van der Waals surface area contributed by atoms with Crippen LogP contribution in [-0.2, 0) is 11.0 Å². The van der Waals surface area contributed by atoms with Crippen LogP contribution < -0.4 is 0 Å². The summed E-state index contributed by atoms with van der Waals surface area (Å²) >= 11 is 0. The Bertz CT molecular complexity index is 559. The van der Waals surface area contributed by atoms with Crippen LogP contribution >= 0.6 is 0 Å². The fourth-order valence-electron chi connectivity index (χ4n) is 2.11. The Morgan fingerprint density at radius 1 is 1.33 bits per heavy atom. The number of aliphatic carboxylic acids is 1. The number of rotatable bonds is 2. The van der Waals surface area contributed by atoms with E-state index < -0.39 is 35.8 Å². The molecule has 9 heteroatoms. The molecule has 1 fully saturated rings. The molecule has 1 saturated heterocycles. The van der Waals surface area contributed by atoms with Crippen LogP contribution in [0.1, 0.15) is 22.5 Å². The number of carbonyl (C=O) groups excluding carboxylic acids is 1. The molecule has 0 saturated carbocycles. The van der Waals surface area contributed by atoms with Gasteiger partial charge in [-0.2, -0.15) is 13.2 Å². The van der Waals surface area contributed by atoms with Gasteiger partial charge in [0.05, 0.1) is 11.7 Å². The average Bonchev–Trinajstić information content (AvgIpc) is 2.79. The highest BCUT2D eigenvalue weighted by atomic mass is 19.4. The smallest absolute Gasteiger partial charge is 0.417 e. The predicted octanol–water partition coefficient (Wildman–Crippen LogP) is 0.760. The number of hydrogen-bond donors (Lipinski definition) is 2. The lowest BCUT2D eigenvalue weighted by Crippen LogP contribution is -2.40. The minimum Gasteiger partial charge on any atom is -0.480 e. The summed E-state index contributed by atoms with van der Waals surface area (Å²) in [6, 6.07) is 0.369. The van der Waals surface area contributed by atoms with Crippen LogP contribution in [0.2, 0.25) is 0 Å². The molecule has 1 aromatic rings. The van der Waals surface area contributed by atoms with Gasteiger partial charge in [-0.05, 0) is 12.1 Å². The van der Waals surface area contributed by atoms with E-state index in [2.05, 4.69) is 4.98 Å². The van der Waals surface area contributed by atoms with Crippen molar-refractivity contribution in [2.75, 3.05) is 6.54 Å². The first-order chi connectivity index (χ1) is 9.70. The average molecular weight is 304 g/mol. The number of alkyl halides is 3. The zero-order valence-corrected chi connectivity index (χ0v) is 10.5. The van der Waals surface area contributed by atoms with Crippen LogP contribution in [-0.4, -0.2) is 50.7 Å². The summed E-state index contributed by atoms with van der Waals surface area (Å²) in [5.41, 5.74) is -1.31. The van der Waals surface area contributed by atoms with Crippen LogP contribution in [0, 0.1) is 0 Å². The molecule has 6 nitrogen and oxygen atoms in total. The van der Waals surface area contributed by atoms with Gasteiger partial charge in [0.15, 0.2) is 0 Å². The van der Waals surface area contributed by atoms with Gasteiger partial charge in [0.25, 0.3) is 5.91 Å². The molecule has 21 heavy (non-hydrogen) atoms. The molecule has 2 N–H and O–H groups in total. The Balaban J connectivity index is 2.22. The molecule has 0 spiro atoms. The molecule has 114 valence electrons. The number of likely N-dealkylation sites (tertiary alicyclic amines) is 1. The number of carboxylic acid groups (broad SMARTS) is 1. The van der Waals surface area contributed by atoms with Crippen LogP contribution in [0.15, 0.2) is 18.3 Å². The molecule has 2 unspecified atom stereocenters. The van der Waals surface area contributed by atoms with E-state index in [0.29, 0.717) is 12.3 Å². The van der Waals surface area contributed by atoms with Gasteiger partial charge in [-0.3, -0.25) is 9.78 Å². The predicted molar refractivity (Wildman–Crippen MR) is 62.3 cm³/mol. The quantitative estimate of drug-likeness (QED) is 0.842. The second kappa shape index (κ2) is 5.32. The number of aliphatic hydroxyl groups is 1. The largest absolute Gasteiger partial charge is 0.480 e. The number of carboxylic acids is 1. The van der Waals surface area contributed by atoms with Gasteiger partial charge >= 0.3 is 12.1 Å². The van der Waals surface area contributed by atoms with E-state index in [0.717, 1.165) is 11.0 Å². The summed E-state index contributed by atoms with van der Waals surface area (Å²) in [6.45, 7) is -0.196. The fraction of sp³-hybridized carbons (Fsp3) is 0.417. The number of halogens is 3. The van der Waals surface area contributed by atoms with Crippen molar-refractivity contribution in [1.82, 2.24) is 9.88 Å². The molecule has 1 aromatic heterocycles. The molecular formula is C12H11F3N2O4. The van der Waals surface area contributed by atoms with E-state index in [4.69, 9.17) is 5.11 Å². The highest BCUT2D eigenvalue weighted by molar-refractivity contribution is 5.95. The van der Waals surface area contributed by atoms with Crippen molar-refractivity contribution in [1.29, 1.82) is 0 Å². The Kier molecular flexibility index (Phi) is 3.86. The maximum atomic E-state index is 12.4. The van der Waals surface area contributed by atoms with E-state index in [1.54, 1.807) is 0 Å². The van der Waals surface area contributed by atoms with Crippen molar-refractivity contribution in [3.63, 3.8) is 0 Å². The Morgan fingerprint density at radius 2 is 2.00 bits per heavy atom. The number of pyridine rings is 1. The van der Waals surface area contributed by atoms with Gasteiger partial charge in [0.2, 0.25) is 0 Å². The third-order valence-electron chi connectivity index (χ3n) is 3.13. The second-order valence-electron chi connectivity index (χ2n) is 4.63. The molecule has 0 aromatic carbocycles. The molecular weight excluding hydrogens is 293 g/mol.